The third-order valence-electron chi connectivity index (χ3n) is 5.23. The van der Waals surface area contributed by atoms with Crippen molar-refractivity contribution in [3.05, 3.63) is 31.9 Å². The van der Waals surface area contributed by atoms with Crippen molar-refractivity contribution in [2.45, 2.75) is 38.6 Å². The second kappa shape index (κ2) is 9.55. The minimum Gasteiger partial charge on any atom is -0.0832 e. The van der Waals surface area contributed by atoms with Gasteiger partial charge < -0.3 is 0 Å². The van der Waals surface area contributed by atoms with Gasteiger partial charge in [0.25, 0.3) is 0 Å². The number of alkyl halides is 2. The van der Waals surface area contributed by atoms with Crippen molar-refractivity contribution in [3.8, 4) is 0 Å². The minimum absolute atomic E-state index is 0.293. The van der Waals surface area contributed by atoms with Crippen LogP contribution in [-0.4, -0.2) is 56.8 Å². The first-order valence-electron chi connectivity index (χ1n) is 9.04. The maximum absolute atomic E-state index is 12.6. The van der Waals surface area contributed by atoms with Crippen molar-refractivity contribution < 1.29 is 26.0 Å². The molecule has 0 spiro atoms. The molecule has 2 fully saturated rings. The molecule has 3 nitrogen and oxygen atoms in total. The standard InChI is InChI=1S/C19H26ClI2N2O/c1-14-12-15(13-17(20)19(14)21)2-3-18(25)24-10-8-23(9-11-24)16-4-6-22-7-5-16/h12-13,16H,2-11H2,1H3/q-1. The Kier molecular flexibility index (Phi) is 7.70. The zero-order valence-corrected chi connectivity index (χ0v) is 19.8. The van der Waals surface area contributed by atoms with Gasteiger partial charge in [-0.3, -0.25) is 0 Å². The third kappa shape index (κ3) is 5.45. The normalized spacial score (nSPS) is 20.4. The van der Waals surface area contributed by atoms with Crippen LogP contribution in [0.3, 0.4) is 0 Å². The monoisotopic (exact) mass is 587 g/mol. The van der Waals surface area contributed by atoms with Gasteiger partial charge in [0.15, 0.2) is 0 Å². The van der Waals surface area contributed by atoms with E-state index in [2.05, 4.69) is 45.4 Å². The Morgan fingerprint density at radius 1 is 1.24 bits per heavy atom. The van der Waals surface area contributed by atoms with Crippen LogP contribution in [0.25, 0.3) is 0 Å². The molecule has 2 aliphatic heterocycles. The molecular weight excluding hydrogens is 561 g/mol. The molecule has 2 heterocycles. The number of rotatable bonds is 4. The molecule has 2 saturated heterocycles. The van der Waals surface area contributed by atoms with E-state index in [1.807, 2.05) is 6.07 Å². The second-order valence-electron chi connectivity index (χ2n) is 6.92. The molecule has 25 heavy (non-hydrogen) atoms. The van der Waals surface area contributed by atoms with Gasteiger partial charge in [-0.15, -0.1) is 0 Å². The van der Waals surface area contributed by atoms with Gasteiger partial charge in [-0.25, -0.2) is 0 Å². The van der Waals surface area contributed by atoms with Crippen molar-refractivity contribution in [1.29, 1.82) is 0 Å². The van der Waals surface area contributed by atoms with Gasteiger partial charge in [0.05, 0.1) is 5.02 Å². The van der Waals surface area contributed by atoms with E-state index in [9.17, 15) is 4.79 Å². The van der Waals surface area contributed by atoms with E-state index in [1.54, 1.807) is 0 Å². The Labute approximate surface area is 180 Å². The average molecular weight is 588 g/mol. The number of aryl methyl sites for hydroxylation is 2. The predicted octanol–water partition coefficient (Wildman–Crippen LogP) is 0.581. The van der Waals surface area contributed by atoms with Crippen LogP contribution >= 0.6 is 34.2 Å². The molecular formula is C19H26ClI2N2O-. The van der Waals surface area contributed by atoms with Crippen LogP contribution in [0.1, 0.15) is 30.4 Å². The van der Waals surface area contributed by atoms with Crippen LogP contribution in [-0.2, 0) is 11.2 Å². The molecule has 0 saturated carbocycles. The molecule has 140 valence electrons. The first kappa shape index (κ1) is 20.1. The number of carbonyl (C=O) groups excluding carboxylic acids is 1. The van der Waals surface area contributed by atoms with Crippen molar-refractivity contribution >= 4 is 40.1 Å². The summed E-state index contributed by atoms with van der Waals surface area (Å²) in [5, 5.41) is 0.798. The van der Waals surface area contributed by atoms with Crippen molar-refractivity contribution in [1.82, 2.24) is 9.80 Å². The fourth-order valence-electron chi connectivity index (χ4n) is 3.70. The molecule has 1 aromatic carbocycles. The Hall–Kier alpha value is 0.400. The molecule has 0 atom stereocenters. The smallest absolute Gasteiger partial charge is 0.0832 e. The van der Waals surface area contributed by atoms with E-state index < -0.39 is 0 Å². The quantitative estimate of drug-likeness (QED) is 0.381. The number of piperazine rings is 1. The van der Waals surface area contributed by atoms with Gasteiger partial charge in [0, 0.05) is 3.57 Å². The van der Waals surface area contributed by atoms with Crippen molar-refractivity contribution in [2.75, 3.05) is 35.0 Å². The number of amides is 1. The summed E-state index contributed by atoms with van der Waals surface area (Å²) in [4.78, 5) is 17.3. The van der Waals surface area contributed by atoms with Gasteiger partial charge in [-0.05, 0) is 35.1 Å². The van der Waals surface area contributed by atoms with E-state index in [-0.39, 0.29) is 0 Å². The molecule has 0 bridgehead atoms. The number of hydrogen-bond acceptors (Lipinski definition) is 2. The molecule has 2 aliphatic rings. The summed E-state index contributed by atoms with van der Waals surface area (Å²) in [5.41, 5.74) is 2.36. The van der Waals surface area contributed by atoms with Crippen LogP contribution in [0.2, 0.25) is 5.02 Å². The second-order valence-corrected chi connectivity index (χ2v) is 11.6. The van der Waals surface area contributed by atoms with Crippen LogP contribution in [0.5, 0.6) is 0 Å². The third-order valence-corrected chi connectivity index (χ3v) is 10.1. The van der Waals surface area contributed by atoms with Gasteiger partial charge in [-0.1, -0.05) is 11.6 Å². The van der Waals surface area contributed by atoms with E-state index in [4.69, 9.17) is 11.6 Å². The number of hydrogen-bond donors (Lipinski definition) is 0. The number of halogens is 3. The van der Waals surface area contributed by atoms with Crippen LogP contribution in [0.4, 0.5) is 0 Å². The van der Waals surface area contributed by atoms with Gasteiger partial charge >= 0.3 is 126 Å². The fraction of sp³-hybridized carbons (Fsp3) is 0.632. The SMILES string of the molecule is Cc1cc(CCC(=O)N2CCN(C3CC[I-]CC3)CC2)cc(Cl)c1I. The summed E-state index contributed by atoms with van der Waals surface area (Å²) in [6.45, 7) is 5.99. The van der Waals surface area contributed by atoms with Crippen LogP contribution in [0, 0.1) is 10.5 Å². The summed E-state index contributed by atoms with van der Waals surface area (Å²) in [5.74, 6) is 0.293. The van der Waals surface area contributed by atoms with Gasteiger partial charge in [0.1, 0.15) is 0 Å². The summed E-state index contributed by atoms with van der Waals surface area (Å²) in [6.07, 6.45) is 4.16. The maximum atomic E-state index is 12.6. The molecule has 0 aliphatic carbocycles. The summed E-state index contributed by atoms with van der Waals surface area (Å²) in [6, 6.07) is 4.96. The Balaban J connectivity index is 1.46. The number of benzene rings is 1. The van der Waals surface area contributed by atoms with E-state index in [1.165, 1.54) is 32.8 Å². The van der Waals surface area contributed by atoms with E-state index in [0.29, 0.717) is 33.5 Å². The molecule has 0 unspecified atom stereocenters. The molecule has 1 amide bonds. The predicted molar refractivity (Wildman–Crippen MR) is 108 cm³/mol. The summed E-state index contributed by atoms with van der Waals surface area (Å²) < 4.78 is 4.08. The molecule has 6 heteroatoms. The van der Waals surface area contributed by atoms with Gasteiger partial charge in [-0.2, -0.15) is 0 Å². The first-order valence-corrected chi connectivity index (χ1v) is 13.5. The summed E-state index contributed by atoms with van der Waals surface area (Å²) in [7, 11) is 0. The first-order chi connectivity index (χ1) is 12.0. The Morgan fingerprint density at radius 2 is 1.92 bits per heavy atom. The number of nitrogens with zero attached hydrogens (tertiary/aromatic N) is 2. The topological polar surface area (TPSA) is 23.6 Å². The van der Waals surface area contributed by atoms with E-state index in [0.717, 1.165) is 47.2 Å². The molecule has 0 radical (unpaired) electrons. The Bertz CT molecular complexity index is 588. The molecule has 0 N–H and O–H groups in total. The molecule has 0 aromatic heterocycles. The zero-order chi connectivity index (χ0) is 17.8. The zero-order valence-electron chi connectivity index (χ0n) is 14.7. The number of carbonyl (C=O) groups is 1. The van der Waals surface area contributed by atoms with E-state index >= 15 is 0 Å². The van der Waals surface area contributed by atoms with Crippen LogP contribution in [0.15, 0.2) is 12.1 Å². The summed E-state index contributed by atoms with van der Waals surface area (Å²) >= 11 is 9.05. The van der Waals surface area contributed by atoms with Crippen molar-refractivity contribution in [2.24, 2.45) is 0 Å². The fourth-order valence-corrected chi connectivity index (χ4v) is 7.16. The average Bonchev–Trinajstić information content (AvgIpc) is 2.65. The molecule has 3 rings (SSSR count). The minimum atomic E-state index is 0.293. The van der Waals surface area contributed by atoms with Gasteiger partial charge in [0.2, 0.25) is 0 Å². The van der Waals surface area contributed by atoms with Crippen LogP contribution < -0.4 is 21.2 Å². The molecule has 1 aromatic rings. The Morgan fingerprint density at radius 3 is 2.56 bits per heavy atom. The van der Waals surface area contributed by atoms with Crippen molar-refractivity contribution in [3.63, 3.8) is 0 Å².